The average Bonchev–Trinajstić information content (AvgIpc) is 2.31. The highest BCUT2D eigenvalue weighted by atomic mass is 79.9. The average molecular weight is 334 g/mol. The molecule has 100 valence electrons. The first-order chi connectivity index (χ1) is 8.49. The van der Waals surface area contributed by atoms with Crippen molar-refractivity contribution in [3.05, 3.63) is 33.3 Å². The minimum Gasteiger partial charge on any atom is -0.355 e. The Hall–Kier alpha value is -0.580. The Morgan fingerprint density at radius 3 is 2.78 bits per heavy atom. The number of hydrogen-bond donors (Lipinski definition) is 2. The Labute approximate surface area is 121 Å². The third-order valence-electron chi connectivity index (χ3n) is 2.31. The van der Waals surface area contributed by atoms with Crippen LogP contribution >= 0.6 is 27.5 Å². The van der Waals surface area contributed by atoms with Crippen molar-refractivity contribution < 1.29 is 4.79 Å². The maximum atomic E-state index is 11.5. The van der Waals surface area contributed by atoms with Gasteiger partial charge in [0.1, 0.15) is 0 Å². The molecule has 1 aromatic carbocycles. The van der Waals surface area contributed by atoms with Crippen molar-refractivity contribution in [2.24, 2.45) is 5.92 Å². The maximum absolute atomic E-state index is 11.5. The number of nitrogens with one attached hydrogen (secondary N) is 2. The highest BCUT2D eigenvalue weighted by molar-refractivity contribution is 9.10. The van der Waals surface area contributed by atoms with Crippen LogP contribution in [0.5, 0.6) is 0 Å². The SMILES string of the molecule is CC(C)CNC(=O)CNCc1ccc(Br)c(Cl)c1. The molecule has 1 amide bonds. The normalized spacial score (nSPS) is 10.7. The largest absolute Gasteiger partial charge is 0.355 e. The number of hydrogen-bond acceptors (Lipinski definition) is 2. The Bertz CT molecular complexity index is 410. The van der Waals surface area contributed by atoms with Gasteiger partial charge in [-0.05, 0) is 39.5 Å². The van der Waals surface area contributed by atoms with Gasteiger partial charge in [0.05, 0.1) is 11.6 Å². The fourth-order valence-corrected chi connectivity index (χ4v) is 1.80. The number of carbonyl (C=O) groups is 1. The van der Waals surface area contributed by atoms with E-state index in [1.165, 1.54) is 0 Å². The molecule has 0 saturated carbocycles. The highest BCUT2D eigenvalue weighted by Gasteiger charge is 2.03. The molecule has 0 unspecified atom stereocenters. The first-order valence-corrected chi connectivity index (χ1v) is 7.07. The molecule has 3 nitrogen and oxygen atoms in total. The number of rotatable bonds is 6. The summed E-state index contributed by atoms with van der Waals surface area (Å²) < 4.78 is 0.877. The standard InChI is InChI=1S/C13H18BrClN2O/c1-9(2)6-17-13(18)8-16-7-10-3-4-11(14)12(15)5-10/h3-5,9,16H,6-8H2,1-2H3,(H,17,18). The zero-order chi connectivity index (χ0) is 13.5. The van der Waals surface area contributed by atoms with Gasteiger partial charge in [-0.3, -0.25) is 4.79 Å². The zero-order valence-corrected chi connectivity index (χ0v) is 12.9. The molecule has 0 aliphatic carbocycles. The molecule has 0 bridgehead atoms. The fourth-order valence-electron chi connectivity index (χ4n) is 1.35. The van der Waals surface area contributed by atoms with Gasteiger partial charge < -0.3 is 10.6 Å². The summed E-state index contributed by atoms with van der Waals surface area (Å²) in [5.74, 6) is 0.492. The Morgan fingerprint density at radius 1 is 1.44 bits per heavy atom. The van der Waals surface area contributed by atoms with Crippen LogP contribution in [0.2, 0.25) is 5.02 Å². The van der Waals surface area contributed by atoms with Gasteiger partial charge in [-0.1, -0.05) is 31.5 Å². The summed E-state index contributed by atoms with van der Waals surface area (Å²) in [6, 6.07) is 5.75. The first kappa shape index (κ1) is 15.5. The van der Waals surface area contributed by atoms with Gasteiger partial charge in [-0.2, -0.15) is 0 Å². The minimum atomic E-state index is 0.0203. The summed E-state index contributed by atoms with van der Waals surface area (Å²) in [4.78, 5) is 11.5. The van der Waals surface area contributed by atoms with Gasteiger partial charge in [0.15, 0.2) is 0 Å². The zero-order valence-electron chi connectivity index (χ0n) is 10.6. The van der Waals surface area contributed by atoms with E-state index in [4.69, 9.17) is 11.6 Å². The van der Waals surface area contributed by atoms with Crippen LogP contribution in [0.1, 0.15) is 19.4 Å². The molecule has 0 atom stereocenters. The molecule has 0 fully saturated rings. The lowest BCUT2D eigenvalue weighted by atomic mass is 10.2. The lowest BCUT2D eigenvalue weighted by molar-refractivity contribution is -0.120. The predicted octanol–water partition coefficient (Wildman–Crippen LogP) is 2.96. The van der Waals surface area contributed by atoms with E-state index in [0.29, 0.717) is 30.6 Å². The van der Waals surface area contributed by atoms with Crippen LogP contribution in [0.3, 0.4) is 0 Å². The predicted molar refractivity (Wildman–Crippen MR) is 78.7 cm³/mol. The van der Waals surface area contributed by atoms with Crippen molar-refractivity contribution in [3.63, 3.8) is 0 Å². The smallest absolute Gasteiger partial charge is 0.233 e. The molecule has 5 heteroatoms. The second-order valence-corrected chi connectivity index (χ2v) is 5.81. The molecule has 0 aliphatic rings. The van der Waals surface area contributed by atoms with Crippen LogP contribution in [0, 0.1) is 5.92 Å². The molecule has 1 aromatic rings. The van der Waals surface area contributed by atoms with Crippen molar-refractivity contribution in [3.8, 4) is 0 Å². The van der Waals surface area contributed by atoms with Crippen molar-refractivity contribution in [1.82, 2.24) is 10.6 Å². The number of amides is 1. The third-order valence-corrected chi connectivity index (χ3v) is 3.54. The van der Waals surface area contributed by atoms with E-state index in [-0.39, 0.29) is 5.91 Å². The Morgan fingerprint density at radius 2 is 2.17 bits per heavy atom. The summed E-state index contributed by atoms with van der Waals surface area (Å²) in [6.45, 7) is 5.79. The van der Waals surface area contributed by atoms with Gasteiger partial charge in [0.2, 0.25) is 5.91 Å². The van der Waals surface area contributed by atoms with Crippen LogP contribution in [0.4, 0.5) is 0 Å². The number of carbonyl (C=O) groups excluding carboxylic acids is 1. The molecule has 0 aromatic heterocycles. The molecule has 1 rings (SSSR count). The molecule has 0 aliphatic heterocycles. The van der Waals surface area contributed by atoms with Crippen LogP contribution in [-0.2, 0) is 11.3 Å². The second kappa shape index (κ2) is 7.77. The summed E-state index contributed by atoms with van der Waals surface area (Å²) >= 11 is 9.32. The van der Waals surface area contributed by atoms with Gasteiger partial charge in [0.25, 0.3) is 0 Å². The molecule has 0 radical (unpaired) electrons. The van der Waals surface area contributed by atoms with E-state index in [1.807, 2.05) is 18.2 Å². The number of halogens is 2. The van der Waals surface area contributed by atoms with Crippen LogP contribution < -0.4 is 10.6 Å². The summed E-state index contributed by atoms with van der Waals surface area (Å²) in [5, 5.41) is 6.62. The van der Waals surface area contributed by atoms with Gasteiger partial charge in [-0.15, -0.1) is 0 Å². The lowest BCUT2D eigenvalue weighted by Crippen LogP contribution is -2.35. The van der Waals surface area contributed by atoms with Gasteiger partial charge in [0, 0.05) is 17.6 Å². The summed E-state index contributed by atoms with van der Waals surface area (Å²) in [5.41, 5.74) is 1.06. The molecule has 18 heavy (non-hydrogen) atoms. The molecule has 2 N–H and O–H groups in total. The van der Waals surface area contributed by atoms with E-state index < -0.39 is 0 Å². The monoisotopic (exact) mass is 332 g/mol. The Balaban J connectivity index is 2.28. The molecule has 0 saturated heterocycles. The lowest BCUT2D eigenvalue weighted by Gasteiger charge is -2.09. The van der Waals surface area contributed by atoms with E-state index in [1.54, 1.807) is 0 Å². The van der Waals surface area contributed by atoms with Crippen LogP contribution in [-0.4, -0.2) is 19.0 Å². The second-order valence-electron chi connectivity index (χ2n) is 4.55. The number of benzene rings is 1. The highest BCUT2D eigenvalue weighted by Crippen LogP contribution is 2.22. The third kappa shape index (κ3) is 5.85. The van der Waals surface area contributed by atoms with Crippen molar-refractivity contribution in [1.29, 1.82) is 0 Å². The Kier molecular flexibility index (Phi) is 6.68. The van der Waals surface area contributed by atoms with Crippen LogP contribution in [0.25, 0.3) is 0 Å². The topological polar surface area (TPSA) is 41.1 Å². The molecule has 0 heterocycles. The summed E-state index contributed by atoms with van der Waals surface area (Å²) in [7, 11) is 0. The van der Waals surface area contributed by atoms with Crippen molar-refractivity contribution >= 4 is 33.4 Å². The summed E-state index contributed by atoms with van der Waals surface area (Å²) in [6.07, 6.45) is 0. The maximum Gasteiger partial charge on any atom is 0.233 e. The van der Waals surface area contributed by atoms with Crippen LogP contribution in [0.15, 0.2) is 22.7 Å². The quantitative estimate of drug-likeness (QED) is 0.840. The molecular formula is C13H18BrClN2O. The van der Waals surface area contributed by atoms with Gasteiger partial charge in [-0.25, -0.2) is 0 Å². The first-order valence-electron chi connectivity index (χ1n) is 5.90. The van der Waals surface area contributed by atoms with Gasteiger partial charge >= 0.3 is 0 Å². The van der Waals surface area contributed by atoms with Crippen molar-refractivity contribution in [2.75, 3.05) is 13.1 Å². The minimum absolute atomic E-state index is 0.0203. The van der Waals surface area contributed by atoms with Crippen molar-refractivity contribution in [2.45, 2.75) is 20.4 Å². The van der Waals surface area contributed by atoms with E-state index in [2.05, 4.69) is 40.4 Å². The fraction of sp³-hybridized carbons (Fsp3) is 0.462. The molecular weight excluding hydrogens is 316 g/mol. The van der Waals surface area contributed by atoms with E-state index in [9.17, 15) is 4.79 Å². The molecule has 0 spiro atoms. The van der Waals surface area contributed by atoms with E-state index >= 15 is 0 Å². The van der Waals surface area contributed by atoms with E-state index in [0.717, 1.165) is 10.0 Å².